The van der Waals surface area contributed by atoms with E-state index in [0.29, 0.717) is 9.90 Å². The Labute approximate surface area is 161 Å². The third kappa shape index (κ3) is 2.93. The van der Waals surface area contributed by atoms with Gasteiger partial charge in [-0.3, -0.25) is 4.79 Å². The number of thiophene rings is 1. The Morgan fingerprint density at radius 3 is 2.73 bits per heavy atom. The van der Waals surface area contributed by atoms with Gasteiger partial charge in [-0.1, -0.05) is 17.7 Å². The van der Waals surface area contributed by atoms with Gasteiger partial charge >= 0.3 is 0 Å². The minimum Gasteiger partial charge on any atom is -0.356 e. The molecule has 1 aliphatic heterocycles. The van der Waals surface area contributed by atoms with Crippen LogP contribution >= 0.6 is 22.9 Å². The molecule has 1 fully saturated rings. The molecule has 0 aliphatic carbocycles. The Kier molecular flexibility index (Phi) is 4.54. The van der Waals surface area contributed by atoms with E-state index < -0.39 is 0 Å². The van der Waals surface area contributed by atoms with Crippen molar-refractivity contribution in [2.75, 3.05) is 23.3 Å². The molecule has 7 heteroatoms. The molecule has 1 saturated heterocycles. The highest BCUT2D eigenvalue weighted by Gasteiger charge is 2.23. The number of amides is 1. The monoisotopic (exact) mass is 386 g/mol. The summed E-state index contributed by atoms with van der Waals surface area (Å²) in [6.07, 6.45) is 3.95. The number of aromatic nitrogens is 2. The number of aryl methyl sites for hydroxylation is 1. The third-order valence-corrected chi connectivity index (χ3v) is 6.44. The van der Waals surface area contributed by atoms with Gasteiger partial charge in [0.25, 0.3) is 5.91 Å². The summed E-state index contributed by atoms with van der Waals surface area (Å²) in [6, 6.07) is 5.51. The van der Waals surface area contributed by atoms with Crippen molar-refractivity contribution in [3.05, 3.63) is 45.6 Å². The van der Waals surface area contributed by atoms with Gasteiger partial charge in [-0.05, 0) is 49.9 Å². The predicted molar refractivity (Wildman–Crippen MR) is 108 cm³/mol. The normalized spacial score (nSPS) is 14.2. The first kappa shape index (κ1) is 17.2. The van der Waals surface area contributed by atoms with Gasteiger partial charge < -0.3 is 10.2 Å². The van der Waals surface area contributed by atoms with Crippen molar-refractivity contribution in [3.63, 3.8) is 0 Å². The number of hydrogen-bond acceptors (Lipinski definition) is 5. The first-order valence-corrected chi connectivity index (χ1v) is 9.81. The second-order valence-corrected chi connectivity index (χ2v) is 7.90. The van der Waals surface area contributed by atoms with Gasteiger partial charge in [0, 0.05) is 23.8 Å². The van der Waals surface area contributed by atoms with E-state index in [9.17, 15) is 4.79 Å². The highest BCUT2D eigenvalue weighted by atomic mass is 35.5. The van der Waals surface area contributed by atoms with Crippen molar-refractivity contribution in [2.24, 2.45) is 0 Å². The lowest BCUT2D eigenvalue weighted by Crippen LogP contribution is -2.19. The van der Waals surface area contributed by atoms with Crippen LogP contribution in [0.1, 0.15) is 33.6 Å². The number of hydrogen-bond donors (Lipinski definition) is 1. The number of carbonyl (C=O) groups excluding carboxylic acids is 1. The summed E-state index contributed by atoms with van der Waals surface area (Å²) in [6.45, 7) is 5.88. The van der Waals surface area contributed by atoms with Crippen LogP contribution in [0, 0.1) is 13.8 Å². The number of benzene rings is 1. The van der Waals surface area contributed by atoms with E-state index in [2.05, 4.69) is 20.2 Å². The van der Waals surface area contributed by atoms with Crippen molar-refractivity contribution in [1.29, 1.82) is 0 Å². The molecule has 0 bridgehead atoms. The maximum absolute atomic E-state index is 12.9. The molecule has 1 amide bonds. The van der Waals surface area contributed by atoms with Crippen LogP contribution < -0.4 is 10.2 Å². The number of halogens is 1. The van der Waals surface area contributed by atoms with E-state index in [4.69, 9.17) is 11.6 Å². The quantitative estimate of drug-likeness (QED) is 0.701. The van der Waals surface area contributed by atoms with E-state index in [-0.39, 0.29) is 5.91 Å². The lowest BCUT2D eigenvalue weighted by molar-refractivity contribution is 0.103. The summed E-state index contributed by atoms with van der Waals surface area (Å²) in [7, 11) is 0. The van der Waals surface area contributed by atoms with Crippen LogP contribution in [0.4, 0.5) is 11.5 Å². The summed E-state index contributed by atoms with van der Waals surface area (Å²) in [5, 5.41) is 4.61. The number of anilines is 2. The standard InChI is InChI=1S/C19H19ClN4OS/c1-11-13(20)6-5-7-14(11)23-18(25)16-12(2)15-17(24-8-3-4-9-24)21-10-22-19(15)26-16/h5-7,10H,3-4,8-9H2,1-2H3,(H,23,25). The van der Waals surface area contributed by atoms with Crippen molar-refractivity contribution in [1.82, 2.24) is 9.97 Å². The lowest BCUT2D eigenvalue weighted by Gasteiger charge is -2.17. The Morgan fingerprint density at radius 2 is 1.96 bits per heavy atom. The molecule has 1 N–H and O–H groups in total. The summed E-state index contributed by atoms with van der Waals surface area (Å²) in [4.78, 5) is 25.6. The molecular weight excluding hydrogens is 368 g/mol. The summed E-state index contributed by atoms with van der Waals surface area (Å²) in [5.41, 5.74) is 2.52. The Morgan fingerprint density at radius 1 is 1.19 bits per heavy atom. The fourth-order valence-corrected chi connectivity index (χ4v) is 4.57. The Hall–Kier alpha value is -2.18. The fourth-order valence-electron chi connectivity index (χ4n) is 3.36. The predicted octanol–water partition coefficient (Wildman–Crippen LogP) is 4.81. The third-order valence-electron chi connectivity index (χ3n) is 4.83. The van der Waals surface area contributed by atoms with Gasteiger partial charge in [0.2, 0.25) is 0 Å². The second kappa shape index (κ2) is 6.85. The van der Waals surface area contributed by atoms with Crippen LogP contribution in [-0.4, -0.2) is 29.0 Å². The molecule has 2 aromatic heterocycles. The molecule has 1 aromatic carbocycles. The lowest BCUT2D eigenvalue weighted by atomic mass is 10.1. The molecule has 1 aliphatic rings. The molecule has 26 heavy (non-hydrogen) atoms. The van der Waals surface area contributed by atoms with E-state index in [1.165, 1.54) is 24.2 Å². The molecule has 0 spiro atoms. The minimum absolute atomic E-state index is 0.136. The SMILES string of the molecule is Cc1c(Cl)cccc1NC(=O)c1sc2ncnc(N3CCCC3)c2c1C. The van der Waals surface area contributed by atoms with Crippen molar-refractivity contribution >= 4 is 50.6 Å². The van der Waals surface area contributed by atoms with E-state index >= 15 is 0 Å². The topological polar surface area (TPSA) is 58.1 Å². The molecule has 5 nitrogen and oxygen atoms in total. The van der Waals surface area contributed by atoms with Crippen LogP contribution in [0.2, 0.25) is 5.02 Å². The van der Waals surface area contributed by atoms with Gasteiger partial charge in [0.1, 0.15) is 17.0 Å². The van der Waals surface area contributed by atoms with Gasteiger partial charge in [-0.15, -0.1) is 11.3 Å². The number of nitrogens with zero attached hydrogens (tertiary/aromatic N) is 3. The molecule has 3 heterocycles. The van der Waals surface area contributed by atoms with Gasteiger partial charge in [-0.25, -0.2) is 9.97 Å². The maximum atomic E-state index is 12.9. The molecule has 0 saturated carbocycles. The Bertz CT molecular complexity index is 995. The van der Waals surface area contributed by atoms with Crippen molar-refractivity contribution in [2.45, 2.75) is 26.7 Å². The van der Waals surface area contributed by atoms with E-state index in [1.807, 2.05) is 32.0 Å². The van der Waals surface area contributed by atoms with Crippen LogP contribution in [0.3, 0.4) is 0 Å². The van der Waals surface area contributed by atoms with Gasteiger partial charge in [0.15, 0.2) is 0 Å². The second-order valence-electron chi connectivity index (χ2n) is 6.49. The highest BCUT2D eigenvalue weighted by molar-refractivity contribution is 7.20. The number of carbonyl (C=O) groups is 1. The number of nitrogens with one attached hydrogen (secondary N) is 1. The summed E-state index contributed by atoms with van der Waals surface area (Å²) < 4.78 is 0. The van der Waals surface area contributed by atoms with Gasteiger partial charge in [0.05, 0.1) is 10.3 Å². The molecule has 3 aromatic rings. The smallest absolute Gasteiger partial charge is 0.266 e. The Balaban J connectivity index is 1.72. The molecule has 134 valence electrons. The zero-order valence-corrected chi connectivity index (χ0v) is 16.2. The average Bonchev–Trinajstić information content (AvgIpc) is 3.27. The molecule has 4 rings (SSSR count). The number of fused-ring (bicyclic) bond motifs is 1. The first-order valence-electron chi connectivity index (χ1n) is 8.62. The minimum atomic E-state index is -0.136. The molecule has 0 unspecified atom stereocenters. The molecule has 0 atom stereocenters. The van der Waals surface area contributed by atoms with Crippen molar-refractivity contribution < 1.29 is 4.79 Å². The highest BCUT2D eigenvalue weighted by Crippen LogP contribution is 2.36. The average molecular weight is 387 g/mol. The van der Waals surface area contributed by atoms with Gasteiger partial charge in [-0.2, -0.15) is 0 Å². The summed E-state index contributed by atoms with van der Waals surface area (Å²) >= 11 is 7.57. The maximum Gasteiger partial charge on any atom is 0.266 e. The summed E-state index contributed by atoms with van der Waals surface area (Å²) in [5.74, 6) is 0.808. The zero-order chi connectivity index (χ0) is 18.3. The number of rotatable bonds is 3. The van der Waals surface area contributed by atoms with Crippen LogP contribution in [0.5, 0.6) is 0 Å². The largest absolute Gasteiger partial charge is 0.356 e. The fraction of sp³-hybridized carbons (Fsp3) is 0.316. The molecule has 0 radical (unpaired) electrons. The zero-order valence-electron chi connectivity index (χ0n) is 14.7. The van der Waals surface area contributed by atoms with Crippen molar-refractivity contribution in [3.8, 4) is 0 Å². The van der Waals surface area contributed by atoms with Crippen LogP contribution in [-0.2, 0) is 0 Å². The van der Waals surface area contributed by atoms with E-state index in [1.54, 1.807) is 6.33 Å². The van der Waals surface area contributed by atoms with Crippen LogP contribution in [0.25, 0.3) is 10.2 Å². The molecular formula is C19H19ClN4OS. The first-order chi connectivity index (χ1) is 12.6. The van der Waals surface area contributed by atoms with Crippen LogP contribution in [0.15, 0.2) is 24.5 Å². The van der Waals surface area contributed by atoms with E-state index in [0.717, 1.165) is 45.9 Å².